The van der Waals surface area contributed by atoms with E-state index in [1.807, 2.05) is 29.7 Å². The number of methoxy groups -OCH3 is 1. The molecule has 1 aliphatic rings. The lowest BCUT2D eigenvalue weighted by Crippen LogP contribution is -2.41. The van der Waals surface area contributed by atoms with Crippen molar-refractivity contribution in [2.45, 2.75) is 19.5 Å². The van der Waals surface area contributed by atoms with Gasteiger partial charge in [-0.3, -0.25) is 4.79 Å². The normalized spacial score (nSPS) is 16.0. The van der Waals surface area contributed by atoms with Crippen molar-refractivity contribution < 1.29 is 13.9 Å². The largest absolute Gasteiger partial charge is 0.497 e. The summed E-state index contributed by atoms with van der Waals surface area (Å²) in [5.41, 5.74) is 1.33. The van der Waals surface area contributed by atoms with E-state index in [0.29, 0.717) is 30.3 Å². The molecule has 1 unspecified atom stereocenters. The van der Waals surface area contributed by atoms with Crippen LogP contribution in [0.5, 0.6) is 5.75 Å². The number of carbonyl (C=O) groups is 1. The van der Waals surface area contributed by atoms with Gasteiger partial charge in [-0.05, 0) is 49.4 Å². The van der Waals surface area contributed by atoms with Gasteiger partial charge in [-0.15, -0.1) is 21.5 Å². The fraction of sp³-hybridized carbons (Fsp3) is 0.238. The van der Waals surface area contributed by atoms with Gasteiger partial charge in [0.1, 0.15) is 11.6 Å². The van der Waals surface area contributed by atoms with Crippen LogP contribution in [0.25, 0.3) is 21.0 Å². The molecule has 9 heteroatoms. The lowest BCUT2D eigenvalue weighted by molar-refractivity contribution is 0.0638. The standard InChI is InChI=1S/C21H18FN5O2S/c1-12-18-24-25-19(20-23-16-8-7-15(29-2)11-17(16)30-20)27(18)10-9-26(12)21(28)13-3-5-14(22)6-4-13/h3-8,11-12H,9-10H2,1-2H3. The van der Waals surface area contributed by atoms with Crippen LogP contribution in [0.4, 0.5) is 4.39 Å². The second kappa shape index (κ2) is 7.17. The molecule has 1 aliphatic heterocycles. The molecule has 0 bridgehead atoms. The molecule has 2 aromatic carbocycles. The fourth-order valence-electron chi connectivity index (χ4n) is 3.71. The monoisotopic (exact) mass is 423 g/mol. The molecule has 0 saturated heterocycles. The molecule has 2 aromatic heterocycles. The van der Waals surface area contributed by atoms with Gasteiger partial charge in [0.2, 0.25) is 0 Å². The third kappa shape index (κ3) is 3.02. The molecule has 0 fully saturated rings. The van der Waals surface area contributed by atoms with Gasteiger partial charge in [-0.2, -0.15) is 0 Å². The summed E-state index contributed by atoms with van der Waals surface area (Å²) in [6.45, 7) is 3.00. The van der Waals surface area contributed by atoms with Gasteiger partial charge in [0.05, 0.1) is 23.4 Å². The molecule has 30 heavy (non-hydrogen) atoms. The Balaban J connectivity index is 1.46. The Kier molecular flexibility index (Phi) is 4.47. The van der Waals surface area contributed by atoms with Crippen molar-refractivity contribution in [1.29, 1.82) is 0 Å². The molecule has 0 aliphatic carbocycles. The van der Waals surface area contributed by atoms with Gasteiger partial charge in [0, 0.05) is 18.7 Å². The van der Waals surface area contributed by atoms with Crippen LogP contribution in [-0.4, -0.2) is 44.2 Å². The van der Waals surface area contributed by atoms with Crippen LogP contribution in [-0.2, 0) is 6.54 Å². The van der Waals surface area contributed by atoms with Gasteiger partial charge >= 0.3 is 0 Å². The Morgan fingerprint density at radius 2 is 1.97 bits per heavy atom. The zero-order valence-corrected chi connectivity index (χ0v) is 17.2. The fourth-order valence-corrected chi connectivity index (χ4v) is 4.69. The van der Waals surface area contributed by atoms with E-state index in [0.717, 1.165) is 21.0 Å². The van der Waals surface area contributed by atoms with Crippen LogP contribution >= 0.6 is 11.3 Å². The highest BCUT2D eigenvalue weighted by molar-refractivity contribution is 7.21. The molecule has 4 aromatic rings. The number of carbonyl (C=O) groups excluding carboxylic acids is 1. The van der Waals surface area contributed by atoms with E-state index < -0.39 is 0 Å². The number of ether oxygens (including phenoxy) is 1. The summed E-state index contributed by atoms with van der Waals surface area (Å²) in [4.78, 5) is 19.3. The average molecular weight is 423 g/mol. The number of fused-ring (bicyclic) bond motifs is 2. The smallest absolute Gasteiger partial charge is 0.254 e. The number of halogens is 1. The summed E-state index contributed by atoms with van der Waals surface area (Å²) < 4.78 is 21.5. The number of amides is 1. The van der Waals surface area contributed by atoms with E-state index in [1.165, 1.54) is 35.6 Å². The lowest BCUT2D eigenvalue weighted by atomic mass is 10.1. The summed E-state index contributed by atoms with van der Waals surface area (Å²) in [5, 5.41) is 9.52. The van der Waals surface area contributed by atoms with Gasteiger partial charge < -0.3 is 14.2 Å². The number of aromatic nitrogens is 4. The summed E-state index contributed by atoms with van der Waals surface area (Å²) in [7, 11) is 1.64. The third-order valence-electron chi connectivity index (χ3n) is 5.32. The van der Waals surface area contributed by atoms with Crippen molar-refractivity contribution in [3.8, 4) is 16.6 Å². The van der Waals surface area contributed by atoms with Gasteiger partial charge in [0.15, 0.2) is 16.7 Å². The highest BCUT2D eigenvalue weighted by atomic mass is 32.1. The molecular weight excluding hydrogens is 405 g/mol. The first-order valence-corrected chi connectivity index (χ1v) is 10.3. The van der Waals surface area contributed by atoms with Crippen LogP contribution in [0, 0.1) is 5.82 Å². The molecular formula is C21H18FN5O2S. The maximum atomic E-state index is 13.2. The van der Waals surface area contributed by atoms with Crippen LogP contribution in [0.1, 0.15) is 29.1 Å². The van der Waals surface area contributed by atoms with Crippen LogP contribution < -0.4 is 4.74 Å². The SMILES string of the molecule is COc1ccc2nc(-c3nnc4n3CCN(C(=O)c3ccc(F)cc3)C4C)sc2c1. The van der Waals surface area contributed by atoms with Gasteiger partial charge in [0.25, 0.3) is 5.91 Å². The van der Waals surface area contributed by atoms with Crippen molar-refractivity contribution in [1.82, 2.24) is 24.6 Å². The van der Waals surface area contributed by atoms with E-state index in [1.54, 1.807) is 12.0 Å². The first-order valence-electron chi connectivity index (χ1n) is 9.50. The van der Waals surface area contributed by atoms with E-state index in [2.05, 4.69) is 10.2 Å². The van der Waals surface area contributed by atoms with Crippen molar-refractivity contribution in [2.75, 3.05) is 13.7 Å². The number of hydrogen-bond donors (Lipinski definition) is 0. The van der Waals surface area contributed by atoms with Crippen LogP contribution in [0.15, 0.2) is 42.5 Å². The van der Waals surface area contributed by atoms with Crippen molar-refractivity contribution in [3.05, 3.63) is 59.7 Å². The molecule has 0 radical (unpaired) electrons. The quantitative estimate of drug-likeness (QED) is 0.499. The minimum Gasteiger partial charge on any atom is -0.497 e. The molecule has 3 heterocycles. The van der Waals surface area contributed by atoms with Gasteiger partial charge in [-0.25, -0.2) is 9.37 Å². The maximum Gasteiger partial charge on any atom is 0.254 e. The van der Waals surface area contributed by atoms with Gasteiger partial charge in [-0.1, -0.05) is 0 Å². The van der Waals surface area contributed by atoms with E-state index in [4.69, 9.17) is 9.72 Å². The Labute approximate surface area is 175 Å². The Bertz CT molecular complexity index is 1250. The molecule has 0 saturated carbocycles. The maximum absolute atomic E-state index is 13.2. The highest BCUT2D eigenvalue weighted by Crippen LogP contribution is 2.34. The average Bonchev–Trinajstić information content (AvgIpc) is 3.37. The van der Waals surface area contributed by atoms with E-state index >= 15 is 0 Å². The predicted molar refractivity (Wildman–Crippen MR) is 111 cm³/mol. The Morgan fingerprint density at radius 3 is 2.73 bits per heavy atom. The van der Waals surface area contributed by atoms with E-state index in [9.17, 15) is 9.18 Å². The Hall–Kier alpha value is -3.33. The predicted octanol–water partition coefficient (Wildman–Crippen LogP) is 3.92. The first kappa shape index (κ1) is 18.7. The number of nitrogens with zero attached hydrogens (tertiary/aromatic N) is 5. The third-order valence-corrected chi connectivity index (χ3v) is 6.34. The number of thiazole rings is 1. The summed E-state index contributed by atoms with van der Waals surface area (Å²) >= 11 is 1.53. The summed E-state index contributed by atoms with van der Waals surface area (Å²) in [6.07, 6.45) is 0. The van der Waals surface area contributed by atoms with Crippen molar-refractivity contribution in [3.63, 3.8) is 0 Å². The van der Waals surface area contributed by atoms with Crippen molar-refractivity contribution in [2.24, 2.45) is 0 Å². The second-order valence-electron chi connectivity index (χ2n) is 7.07. The molecule has 7 nitrogen and oxygen atoms in total. The number of rotatable bonds is 3. The number of benzene rings is 2. The summed E-state index contributed by atoms with van der Waals surface area (Å²) in [5.74, 6) is 1.68. The van der Waals surface area contributed by atoms with Crippen LogP contribution in [0.3, 0.4) is 0 Å². The first-order chi connectivity index (χ1) is 14.5. The molecule has 0 spiro atoms. The highest BCUT2D eigenvalue weighted by Gasteiger charge is 2.32. The van der Waals surface area contributed by atoms with Crippen LogP contribution in [0.2, 0.25) is 0 Å². The molecule has 1 amide bonds. The molecule has 152 valence electrons. The zero-order chi connectivity index (χ0) is 20.8. The Morgan fingerprint density at radius 1 is 1.17 bits per heavy atom. The second-order valence-corrected chi connectivity index (χ2v) is 8.10. The van der Waals surface area contributed by atoms with E-state index in [-0.39, 0.29) is 17.8 Å². The molecule has 1 atom stereocenters. The topological polar surface area (TPSA) is 73.1 Å². The number of hydrogen-bond acceptors (Lipinski definition) is 6. The minimum atomic E-state index is -0.365. The summed E-state index contributed by atoms with van der Waals surface area (Å²) in [6, 6.07) is 11.1. The minimum absolute atomic E-state index is 0.148. The molecule has 0 N–H and O–H groups in total. The molecule has 5 rings (SSSR count). The lowest BCUT2D eigenvalue weighted by Gasteiger charge is -2.33. The zero-order valence-electron chi connectivity index (χ0n) is 16.4. The van der Waals surface area contributed by atoms with Crippen molar-refractivity contribution >= 4 is 27.5 Å².